The number of hydrogen-bond donors (Lipinski definition) is 0. The lowest BCUT2D eigenvalue weighted by Gasteiger charge is -2.36. The van der Waals surface area contributed by atoms with Gasteiger partial charge in [-0.05, 0) is 19.3 Å². The second-order valence-electron chi connectivity index (χ2n) is 9.18. The quantitative estimate of drug-likeness (QED) is 0.364. The summed E-state index contributed by atoms with van der Waals surface area (Å²) in [5.41, 5.74) is 0.281. The van der Waals surface area contributed by atoms with E-state index < -0.39 is 38.9 Å². The summed E-state index contributed by atoms with van der Waals surface area (Å²) in [6, 6.07) is 0. The normalized spacial score (nSPS) is 21.7. The zero-order valence-corrected chi connectivity index (χ0v) is 22.5. The molecule has 16 heteroatoms. The van der Waals surface area contributed by atoms with Crippen LogP contribution in [0, 0.1) is 5.82 Å². The molecule has 0 spiro atoms. The van der Waals surface area contributed by atoms with Crippen LogP contribution in [-0.2, 0) is 25.1 Å². The van der Waals surface area contributed by atoms with Gasteiger partial charge in [-0.1, -0.05) is 0 Å². The van der Waals surface area contributed by atoms with Crippen LogP contribution in [0.25, 0.3) is 5.69 Å². The zero-order chi connectivity index (χ0) is 27.6. The highest BCUT2D eigenvalue weighted by Gasteiger charge is 2.39. The van der Waals surface area contributed by atoms with Crippen molar-refractivity contribution >= 4 is 15.8 Å². The van der Waals surface area contributed by atoms with Gasteiger partial charge in [0.2, 0.25) is 17.7 Å². The standard InChI is InChI=1S/C23H29FN8O6S/c1-35-15-7-16(11-31(10-15)23-25-8-14(24)9-26-23)39(33,34)12-18-29-30-20(17-5-4-6-38-17)32(18)19-21(36-2)27-13-28-22(19)37-3/h8-9,13,15-17H,4-7,10-12H2,1-3H3/t15-,16-,17+/m0/s1. The van der Waals surface area contributed by atoms with Crippen LogP contribution in [0.15, 0.2) is 18.7 Å². The van der Waals surface area contributed by atoms with E-state index >= 15 is 0 Å². The minimum Gasteiger partial charge on any atom is -0.479 e. The van der Waals surface area contributed by atoms with Crippen LogP contribution in [0.5, 0.6) is 11.8 Å². The van der Waals surface area contributed by atoms with Crippen LogP contribution in [0.1, 0.15) is 37.0 Å². The average Bonchev–Trinajstić information content (AvgIpc) is 3.62. The molecule has 3 atom stereocenters. The van der Waals surface area contributed by atoms with E-state index in [1.54, 1.807) is 9.47 Å². The molecule has 0 aromatic carbocycles. The average molecular weight is 565 g/mol. The molecule has 0 radical (unpaired) electrons. The number of piperidine rings is 1. The first-order chi connectivity index (χ1) is 18.8. The van der Waals surface area contributed by atoms with E-state index in [2.05, 4.69) is 30.1 Å². The van der Waals surface area contributed by atoms with Gasteiger partial charge in [-0.15, -0.1) is 10.2 Å². The van der Waals surface area contributed by atoms with Gasteiger partial charge in [0.15, 0.2) is 33.0 Å². The van der Waals surface area contributed by atoms with Crippen molar-refractivity contribution in [1.82, 2.24) is 34.7 Å². The number of nitrogens with zero attached hydrogens (tertiary/aromatic N) is 8. The minimum atomic E-state index is -3.85. The van der Waals surface area contributed by atoms with Crippen LogP contribution >= 0.6 is 0 Å². The van der Waals surface area contributed by atoms with Crippen molar-refractivity contribution in [3.05, 3.63) is 36.2 Å². The maximum atomic E-state index is 13.9. The Morgan fingerprint density at radius 1 is 1.05 bits per heavy atom. The van der Waals surface area contributed by atoms with Gasteiger partial charge < -0.3 is 23.8 Å². The number of aromatic nitrogens is 7. The van der Waals surface area contributed by atoms with Crippen LogP contribution in [-0.4, -0.2) is 95.5 Å². The van der Waals surface area contributed by atoms with Gasteiger partial charge in [0.05, 0.1) is 38.0 Å². The van der Waals surface area contributed by atoms with Gasteiger partial charge >= 0.3 is 0 Å². The van der Waals surface area contributed by atoms with Crippen molar-refractivity contribution < 1.29 is 31.8 Å². The zero-order valence-electron chi connectivity index (χ0n) is 21.7. The highest BCUT2D eigenvalue weighted by atomic mass is 32.2. The van der Waals surface area contributed by atoms with Crippen molar-refractivity contribution in [3.8, 4) is 17.4 Å². The number of hydrogen-bond acceptors (Lipinski definition) is 13. The van der Waals surface area contributed by atoms with Crippen molar-refractivity contribution in [3.63, 3.8) is 0 Å². The first-order valence-corrected chi connectivity index (χ1v) is 14.0. The summed E-state index contributed by atoms with van der Waals surface area (Å²) in [4.78, 5) is 18.1. The first-order valence-electron chi connectivity index (χ1n) is 12.3. The molecule has 5 heterocycles. The lowest BCUT2D eigenvalue weighted by atomic mass is 10.1. The number of anilines is 1. The SMILES string of the molecule is COc1ncnc(OC)c1-n1c(CS(=O)(=O)[C@H]2C[C@H](OC)CN(c3ncc(F)cn3)C2)nnc1[C@H]1CCCO1. The van der Waals surface area contributed by atoms with Crippen LogP contribution in [0.2, 0.25) is 0 Å². The predicted molar refractivity (Wildman–Crippen MR) is 134 cm³/mol. The molecular formula is C23H29FN8O6S. The Labute approximate surface area is 224 Å². The molecule has 0 unspecified atom stereocenters. The molecular weight excluding hydrogens is 535 g/mol. The molecule has 0 N–H and O–H groups in total. The summed E-state index contributed by atoms with van der Waals surface area (Å²) in [6.07, 6.45) is 4.33. The summed E-state index contributed by atoms with van der Waals surface area (Å²) in [6.45, 7) is 1.01. The molecule has 210 valence electrons. The number of ether oxygens (including phenoxy) is 4. The molecule has 0 aliphatic carbocycles. The molecule has 0 bridgehead atoms. The van der Waals surface area contributed by atoms with E-state index in [1.165, 1.54) is 27.7 Å². The Morgan fingerprint density at radius 3 is 2.38 bits per heavy atom. The van der Waals surface area contributed by atoms with E-state index in [9.17, 15) is 12.8 Å². The molecule has 2 aliphatic rings. The van der Waals surface area contributed by atoms with Gasteiger partial charge in [0, 0.05) is 26.8 Å². The molecule has 2 saturated heterocycles. The number of halogens is 1. The van der Waals surface area contributed by atoms with Gasteiger partial charge in [0.1, 0.15) is 18.2 Å². The topological polar surface area (TPSA) is 157 Å². The highest BCUT2D eigenvalue weighted by Crippen LogP contribution is 2.36. The Balaban J connectivity index is 1.52. The monoisotopic (exact) mass is 564 g/mol. The van der Waals surface area contributed by atoms with Crippen LogP contribution in [0.3, 0.4) is 0 Å². The Hall–Kier alpha value is -3.50. The molecule has 3 aromatic heterocycles. The maximum Gasteiger partial charge on any atom is 0.245 e. The number of methoxy groups -OCH3 is 3. The fourth-order valence-corrected chi connectivity index (χ4v) is 6.56. The lowest BCUT2D eigenvalue weighted by molar-refractivity contribution is 0.0897. The van der Waals surface area contributed by atoms with E-state index in [-0.39, 0.29) is 42.2 Å². The second kappa shape index (κ2) is 11.3. The molecule has 14 nitrogen and oxygen atoms in total. The smallest absolute Gasteiger partial charge is 0.245 e. The van der Waals surface area contributed by atoms with Gasteiger partial charge in [0.25, 0.3) is 0 Å². The Morgan fingerprint density at radius 2 is 1.77 bits per heavy atom. The summed E-state index contributed by atoms with van der Waals surface area (Å²) in [5.74, 6) is 0.0542. The number of rotatable bonds is 9. The highest BCUT2D eigenvalue weighted by molar-refractivity contribution is 7.91. The summed E-state index contributed by atoms with van der Waals surface area (Å²) < 4.78 is 65.0. The van der Waals surface area contributed by atoms with E-state index in [0.717, 1.165) is 18.8 Å². The van der Waals surface area contributed by atoms with Gasteiger partial charge in [-0.3, -0.25) is 4.57 Å². The fraction of sp³-hybridized carbons (Fsp3) is 0.565. The van der Waals surface area contributed by atoms with Gasteiger partial charge in [-0.2, -0.15) is 9.97 Å². The summed E-state index contributed by atoms with van der Waals surface area (Å²) >= 11 is 0. The molecule has 2 fully saturated rings. The van der Waals surface area contributed by atoms with Crippen molar-refractivity contribution in [2.45, 2.75) is 42.5 Å². The fourth-order valence-electron chi connectivity index (χ4n) is 4.86. The third-order valence-electron chi connectivity index (χ3n) is 6.77. The van der Waals surface area contributed by atoms with Crippen molar-refractivity contribution in [1.29, 1.82) is 0 Å². The molecule has 3 aromatic rings. The maximum absolute atomic E-state index is 13.9. The summed E-state index contributed by atoms with van der Waals surface area (Å²) in [7, 11) is 0.552. The van der Waals surface area contributed by atoms with Gasteiger partial charge in [-0.25, -0.2) is 22.8 Å². The van der Waals surface area contributed by atoms with E-state index in [1.807, 2.05) is 0 Å². The molecule has 39 heavy (non-hydrogen) atoms. The minimum absolute atomic E-state index is 0.0989. The van der Waals surface area contributed by atoms with E-state index in [4.69, 9.17) is 18.9 Å². The van der Waals surface area contributed by atoms with Crippen LogP contribution < -0.4 is 14.4 Å². The number of sulfone groups is 1. The molecule has 5 rings (SSSR count). The molecule has 2 aliphatic heterocycles. The molecule has 0 saturated carbocycles. The third kappa shape index (κ3) is 5.49. The third-order valence-corrected chi connectivity index (χ3v) is 8.79. The summed E-state index contributed by atoms with van der Waals surface area (Å²) in [5, 5.41) is 7.74. The Bertz CT molecular complexity index is 1380. The molecule has 0 amide bonds. The first kappa shape index (κ1) is 27.1. The predicted octanol–water partition coefficient (Wildman–Crippen LogP) is 1.06. The van der Waals surface area contributed by atoms with E-state index in [0.29, 0.717) is 25.4 Å². The second-order valence-corrected chi connectivity index (χ2v) is 11.5. The lowest BCUT2D eigenvalue weighted by Crippen LogP contribution is -2.50. The Kier molecular flexibility index (Phi) is 7.86. The van der Waals surface area contributed by atoms with Crippen molar-refractivity contribution in [2.75, 3.05) is 45.9 Å². The van der Waals surface area contributed by atoms with Crippen molar-refractivity contribution in [2.24, 2.45) is 0 Å². The van der Waals surface area contributed by atoms with Crippen LogP contribution in [0.4, 0.5) is 10.3 Å². The largest absolute Gasteiger partial charge is 0.479 e.